The predicted octanol–water partition coefficient (Wildman–Crippen LogP) is 2.07. The topological polar surface area (TPSA) is 39.7 Å². The van der Waals surface area contributed by atoms with Crippen LogP contribution in [0.1, 0.15) is 6.92 Å². The molecule has 5 heteroatoms. The average Bonchev–Trinajstić information content (AvgIpc) is 2.39. The average molecular weight is 272 g/mol. The Hall–Kier alpha value is -0.810. The van der Waals surface area contributed by atoms with Gasteiger partial charge in [0.25, 0.3) is 0 Å². The Morgan fingerprint density at radius 1 is 1.33 bits per heavy atom. The molecule has 0 unspecified atom stereocenters. The molecule has 1 heterocycles. The third-order valence-electron chi connectivity index (χ3n) is 2.63. The van der Waals surface area contributed by atoms with E-state index in [0.29, 0.717) is 18.2 Å². The number of halogens is 1. The van der Waals surface area contributed by atoms with E-state index in [0.717, 1.165) is 18.8 Å². The number of rotatable bonds is 5. The summed E-state index contributed by atoms with van der Waals surface area (Å²) in [6.45, 7) is 4.61. The number of ether oxygens (including phenoxy) is 3. The SMILES string of the molecule is CCO[C@H]1CNC[C@H](COc2ccc(Cl)cc2)O1. The fourth-order valence-electron chi connectivity index (χ4n) is 1.78. The standard InChI is InChI=1S/C13H18ClNO3/c1-2-16-13-8-15-7-12(18-13)9-17-11-5-3-10(14)4-6-11/h3-6,12-13,15H,2,7-9H2,1H3/t12-,13-/m1/s1. The summed E-state index contributed by atoms with van der Waals surface area (Å²) in [5, 5.41) is 3.97. The summed E-state index contributed by atoms with van der Waals surface area (Å²) in [6, 6.07) is 7.30. The highest BCUT2D eigenvalue weighted by atomic mass is 35.5. The summed E-state index contributed by atoms with van der Waals surface area (Å²) in [4.78, 5) is 0. The highest BCUT2D eigenvalue weighted by molar-refractivity contribution is 6.30. The maximum Gasteiger partial charge on any atom is 0.170 e. The summed E-state index contributed by atoms with van der Waals surface area (Å²) in [5.74, 6) is 0.793. The zero-order chi connectivity index (χ0) is 12.8. The van der Waals surface area contributed by atoms with Gasteiger partial charge in [0.05, 0.1) is 0 Å². The van der Waals surface area contributed by atoms with Crippen LogP contribution in [0.5, 0.6) is 5.75 Å². The lowest BCUT2D eigenvalue weighted by Crippen LogP contribution is -2.48. The first-order valence-electron chi connectivity index (χ1n) is 6.14. The number of morpholine rings is 1. The van der Waals surface area contributed by atoms with Gasteiger partial charge >= 0.3 is 0 Å². The summed E-state index contributed by atoms with van der Waals surface area (Å²) < 4.78 is 16.8. The highest BCUT2D eigenvalue weighted by Crippen LogP contribution is 2.16. The molecule has 0 saturated carbocycles. The van der Waals surface area contributed by atoms with Crippen LogP contribution in [0.2, 0.25) is 5.02 Å². The van der Waals surface area contributed by atoms with E-state index in [1.165, 1.54) is 0 Å². The number of hydrogen-bond acceptors (Lipinski definition) is 4. The molecule has 0 bridgehead atoms. The van der Waals surface area contributed by atoms with E-state index in [9.17, 15) is 0 Å². The molecule has 1 aromatic carbocycles. The van der Waals surface area contributed by atoms with Gasteiger partial charge < -0.3 is 19.5 Å². The van der Waals surface area contributed by atoms with Gasteiger partial charge in [-0.2, -0.15) is 0 Å². The van der Waals surface area contributed by atoms with Crippen molar-refractivity contribution >= 4 is 11.6 Å². The first-order chi connectivity index (χ1) is 8.78. The van der Waals surface area contributed by atoms with E-state index in [1.807, 2.05) is 19.1 Å². The van der Waals surface area contributed by atoms with E-state index in [2.05, 4.69) is 5.32 Å². The van der Waals surface area contributed by atoms with Gasteiger partial charge in [-0.25, -0.2) is 0 Å². The molecule has 1 fully saturated rings. The lowest BCUT2D eigenvalue weighted by Gasteiger charge is -2.30. The van der Waals surface area contributed by atoms with Gasteiger partial charge in [0, 0.05) is 24.7 Å². The zero-order valence-electron chi connectivity index (χ0n) is 10.4. The smallest absolute Gasteiger partial charge is 0.170 e. The van der Waals surface area contributed by atoms with Gasteiger partial charge in [-0.1, -0.05) is 11.6 Å². The molecule has 1 N–H and O–H groups in total. The van der Waals surface area contributed by atoms with Crippen LogP contribution in [0.4, 0.5) is 0 Å². The quantitative estimate of drug-likeness (QED) is 0.890. The second kappa shape index (κ2) is 6.95. The second-order valence-electron chi connectivity index (χ2n) is 4.07. The fourth-order valence-corrected chi connectivity index (χ4v) is 1.90. The molecule has 1 aromatic rings. The Morgan fingerprint density at radius 3 is 2.83 bits per heavy atom. The normalized spacial score (nSPS) is 23.9. The van der Waals surface area contributed by atoms with E-state index < -0.39 is 0 Å². The Morgan fingerprint density at radius 2 is 2.11 bits per heavy atom. The van der Waals surface area contributed by atoms with E-state index in [-0.39, 0.29) is 12.4 Å². The lowest BCUT2D eigenvalue weighted by molar-refractivity contribution is -0.187. The molecule has 0 radical (unpaired) electrons. The number of benzene rings is 1. The fraction of sp³-hybridized carbons (Fsp3) is 0.538. The van der Waals surface area contributed by atoms with Crippen molar-refractivity contribution in [2.24, 2.45) is 0 Å². The van der Waals surface area contributed by atoms with Gasteiger partial charge in [0.2, 0.25) is 0 Å². The molecule has 2 atom stereocenters. The van der Waals surface area contributed by atoms with Crippen molar-refractivity contribution in [2.75, 3.05) is 26.3 Å². The highest BCUT2D eigenvalue weighted by Gasteiger charge is 2.22. The molecule has 100 valence electrons. The minimum absolute atomic E-state index is 0.00554. The molecule has 0 amide bonds. The second-order valence-corrected chi connectivity index (χ2v) is 4.50. The van der Waals surface area contributed by atoms with Gasteiger partial charge in [-0.15, -0.1) is 0 Å². The van der Waals surface area contributed by atoms with Crippen LogP contribution in [0.3, 0.4) is 0 Å². The molecule has 0 aliphatic carbocycles. The van der Waals surface area contributed by atoms with Crippen LogP contribution in [0, 0.1) is 0 Å². The van der Waals surface area contributed by atoms with E-state index >= 15 is 0 Å². The monoisotopic (exact) mass is 271 g/mol. The molecule has 4 nitrogen and oxygen atoms in total. The van der Waals surface area contributed by atoms with Gasteiger partial charge in [0.1, 0.15) is 18.5 Å². The summed E-state index contributed by atoms with van der Waals surface area (Å²) in [5.41, 5.74) is 0. The van der Waals surface area contributed by atoms with Crippen LogP contribution < -0.4 is 10.1 Å². The van der Waals surface area contributed by atoms with Crippen LogP contribution in [0.25, 0.3) is 0 Å². The molecule has 0 spiro atoms. The molecular formula is C13H18ClNO3. The van der Waals surface area contributed by atoms with E-state index in [1.54, 1.807) is 12.1 Å². The maximum absolute atomic E-state index is 5.81. The number of nitrogens with one attached hydrogen (secondary N) is 1. The molecule has 1 aliphatic rings. The third kappa shape index (κ3) is 4.14. The minimum atomic E-state index is -0.178. The van der Waals surface area contributed by atoms with Crippen molar-refractivity contribution in [1.29, 1.82) is 0 Å². The molecule has 0 aromatic heterocycles. The van der Waals surface area contributed by atoms with Gasteiger partial charge in [-0.05, 0) is 31.2 Å². The Bertz CT molecular complexity index is 356. The zero-order valence-corrected chi connectivity index (χ0v) is 11.2. The van der Waals surface area contributed by atoms with Crippen LogP contribution in [-0.2, 0) is 9.47 Å². The Labute approximate surface area is 112 Å². The molecule has 1 saturated heterocycles. The third-order valence-corrected chi connectivity index (χ3v) is 2.88. The van der Waals surface area contributed by atoms with Crippen molar-refractivity contribution in [3.63, 3.8) is 0 Å². The molecule has 2 rings (SSSR count). The van der Waals surface area contributed by atoms with Crippen LogP contribution >= 0.6 is 11.6 Å². The van der Waals surface area contributed by atoms with E-state index in [4.69, 9.17) is 25.8 Å². The van der Waals surface area contributed by atoms with Crippen molar-refractivity contribution in [2.45, 2.75) is 19.3 Å². The van der Waals surface area contributed by atoms with Crippen molar-refractivity contribution in [3.05, 3.63) is 29.3 Å². The van der Waals surface area contributed by atoms with Crippen molar-refractivity contribution < 1.29 is 14.2 Å². The number of hydrogen-bond donors (Lipinski definition) is 1. The molecule has 1 aliphatic heterocycles. The summed E-state index contributed by atoms with van der Waals surface area (Å²) in [7, 11) is 0. The lowest BCUT2D eigenvalue weighted by atomic mass is 10.3. The predicted molar refractivity (Wildman–Crippen MR) is 70.1 cm³/mol. The Balaban J connectivity index is 1.77. The van der Waals surface area contributed by atoms with Crippen molar-refractivity contribution in [3.8, 4) is 5.75 Å². The van der Waals surface area contributed by atoms with Crippen LogP contribution in [0.15, 0.2) is 24.3 Å². The first-order valence-corrected chi connectivity index (χ1v) is 6.52. The summed E-state index contributed by atoms with van der Waals surface area (Å²) in [6.07, 6.45) is -0.173. The Kier molecular flexibility index (Phi) is 5.26. The molecule has 18 heavy (non-hydrogen) atoms. The maximum atomic E-state index is 5.81. The van der Waals surface area contributed by atoms with Crippen molar-refractivity contribution in [1.82, 2.24) is 5.32 Å². The van der Waals surface area contributed by atoms with Gasteiger partial charge in [0.15, 0.2) is 6.29 Å². The minimum Gasteiger partial charge on any atom is -0.491 e. The first kappa shape index (κ1) is 13.6. The largest absolute Gasteiger partial charge is 0.491 e. The molecular weight excluding hydrogens is 254 g/mol. The van der Waals surface area contributed by atoms with Gasteiger partial charge in [-0.3, -0.25) is 0 Å². The summed E-state index contributed by atoms with van der Waals surface area (Å²) >= 11 is 5.81. The van der Waals surface area contributed by atoms with Crippen LogP contribution in [-0.4, -0.2) is 38.7 Å².